The Balaban J connectivity index is 1.23. The van der Waals surface area contributed by atoms with E-state index in [0.717, 1.165) is 44.1 Å². The van der Waals surface area contributed by atoms with Gasteiger partial charge in [0.1, 0.15) is 6.10 Å². The number of amides is 1. The Morgan fingerprint density at radius 3 is 2.24 bits per heavy atom. The molecule has 2 N–H and O–H groups in total. The smallest absolute Gasteiger partial charge is 0.309 e. The Bertz CT molecular complexity index is 1500. The predicted molar refractivity (Wildman–Crippen MR) is 198 cm³/mol. The number of fused-ring (bicyclic) bond motifs is 7. The van der Waals surface area contributed by atoms with E-state index < -0.39 is 17.4 Å². The van der Waals surface area contributed by atoms with Crippen molar-refractivity contribution in [2.45, 2.75) is 145 Å². The Kier molecular flexibility index (Phi) is 9.50. The summed E-state index contributed by atoms with van der Waals surface area (Å²) in [7, 11) is 0. The molecule has 5 aliphatic carbocycles. The predicted octanol–water partition coefficient (Wildman–Crippen LogP) is 9.76. The van der Waals surface area contributed by atoms with Crippen molar-refractivity contribution in [3.8, 4) is 0 Å². The van der Waals surface area contributed by atoms with Crippen LogP contribution >= 0.6 is 0 Å². The number of rotatable bonds is 9. The summed E-state index contributed by atoms with van der Waals surface area (Å²) < 4.78 is 6.18. The minimum Gasteiger partial charge on any atom is -0.481 e. The zero-order valence-electron chi connectivity index (χ0n) is 32.3. The van der Waals surface area contributed by atoms with Gasteiger partial charge in [-0.25, -0.2) is 0 Å². The minimum absolute atomic E-state index is 0.0397. The standard InChI is InChI=1S/C44H65NO5/c1-28(2)30-17-22-44(25-35(46)45-27-29-13-11-10-12-14-29)24-23-42(8)31(37(30)44)15-16-33-41(7)20-19-34(50-36(47)26-39(3,4)38(48)49)40(5,6)32(41)18-21-43(33,42)9/h10-14,30-34,37H,1,15-27H2,2-9H3,(H,45,46)(H,48,49)/t30-,31+,32-,33+,34-,37+,41-,42+,43+,44+/m0/s1. The molecule has 0 radical (unpaired) electrons. The van der Waals surface area contributed by atoms with Gasteiger partial charge in [-0.15, -0.1) is 0 Å². The number of benzene rings is 1. The third-order valence-electron chi connectivity index (χ3n) is 16.5. The highest BCUT2D eigenvalue weighted by molar-refractivity contribution is 5.81. The molecule has 276 valence electrons. The second-order valence-corrected chi connectivity index (χ2v) is 19.7. The van der Waals surface area contributed by atoms with Gasteiger partial charge in [-0.2, -0.15) is 0 Å². The van der Waals surface area contributed by atoms with Crippen LogP contribution in [0.1, 0.15) is 138 Å². The SMILES string of the molecule is C=C(C)[C@@H]1CC[C@]2(CC(=O)NCc3ccccc3)CC[C@]3(C)[C@H](CC[C@@H]4[C@@]5(C)CC[C@H](OC(=O)CC(C)(C)C(=O)O)C(C)(C)[C@@H]5CC[C@]43C)[C@@H]12. The Morgan fingerprint density at radius 1 is 0.880 bits per heavy atom. The van der Waals surface area contributed by atoms with Crippen molar-refractivity contribution in [2.24, 2.45) is 62.1 Å². The van der Waals surface area contributed by atoms with Gasteiger partial charge in [0.25, 0.3) is 0 Å². The van der Waals surface area contributed by atoms with E-state index in [1.165, 1.54) is 31.3 Å². The normalized spacial score (nSPS) is 40.3. The second-order valence-electron chi connectivity index (χ2n) is 19.7. The van der Waals surface area contributed by atoms with E-state index in [9.17, 15) is 19.5 Å². The molecule has 0 bridgehead atoms. The lowest BCUT2D eigenvalue weighted by atomic mass is 9.32. The van der Waals surface area contributed by atoms with Crippen LogP contribution in [0.4, 0.5) is 0 Å². The van der Waals surface area contributed by atoms with Crippen molar-refractivity contribution in [1.82, 2.24) is 5.32 Å². The van der Waals surface area contributed by atoms with Gasteiger partial charge in [-0.3, -0.25) is 14.4 Å². The van der Waals surface area contributed by atoms with Crippen molar-refractivity contribution in [2.75, 3.05) is 0 Å². The fourth-order valence-corrected chi connectivity index (χ4v) is 13.6. The number of ether oxygens (including phenoxy) is 1. The van der Waals surface area contributed by atoms with Crippen LogP contribution < -0.4 is 5.32 Å². The minimum atomic E-state index is -1.14. The van der Waals surface area contributed by atoms with Crippen LogP contribution in [0.25, 0.3) is 0 Å². The number of hydrogen-bond acceptors (Lipinski definition) is 4. The topological polar surface area (TPSA) is 92.7 Å². The van der Waals surface area contributed by atoms with Crippen LogP contribution in [0.3, 0.4) is 0 Å². The fraction of sp³-hybridized carbons (Fsp3) is 0.750. The Morgan fingerprint density at radius 2 is 1.58 bits per heavy atom. The number of esters is 1. The van der Waals surface area contributed by atoms with Gasteiger partial charge in [0.15, 0.2) is 0 Å². The Hall–Kier alpha value is -2.63. The molecule has 1 aromatic carbocycles. The quantitative estimate of drug-likeness (QED) is 0.199. The molecule has 5 fully saturated rings. The van der Waals surface area contributed by atoms with Crippen molar-refractivity contribution >= 4 is 17.8 Å². The summed E-state index contributed by atoms with van der Waals surface area (Å²) in [5, 5.41) is 12.9. The van der Waals surface area contributed by atoms with Gasteiger partial charge in [0.2, 0.25) is 5.91 Å². The largest absolute Gasteiger partial charge is 0.481 e. The average Bonchev–Trinajstić information content (AvgIpc) is 3.41. The van der Waals surface area contributed by atoms with E-state index in [1.807, 2.05) is 18.2 Å². The number of allylic oxidation sites excluding steroid dienone is 1. The number of nitrogens with one attached hydrogen (secondary N) is 1. The highest BCUT2D eigenvalue weighted by Gasteiger charge is 2.71. The van der Waals surface area contributed by atoms with Crippen LogP contribution in [-0.4, -0.2) is 29.1 Å². The molecule has 5 saturated carbocycles. The van der Waals surface area contributed by atoms with Crippen LogP contribution in [0, 0.1) is 62.1 Å². The van der Waals surface area contributed by atoms with Crippen molar-refractivity contribution in [3.05, 3.63) is 48.0 Å². The molecule has 0 heterocycles. The van der Waals surface area contributed by atoms with Gasteiger partial charge < -0.3 is 15.2 Å². The number of hydrogen-bond donors (Lipinski definition) is 2. The number of carbonyl (C=O) groups excluding carboxylic acids is 2. The maximum atomic E-state index is 13.7. The van der Waals surface area contributed by atoms with Gasteiger partial charge in [-0.05, 0) is 142 Å². The van der Waals surface area contributed by atoms with E-state index in [2.05, 4.69) is 65.6 Å². The first-order valence-electron chi connectivity index (χ1n) is 19.7. The maximum absolute atomic E-state index is 13.7. The molecule has 1 amide bonds. The van der Waals surface area contributed by atoms with Gasteiger partial charge >= 0.3 is 11.9 Å². The van der Waals surface area contributed by atoms with Crippen LogP contribution in [0.2, 0.25) is 0 Å². The molecule has 0 spiro atoms. The summed E-state index contributed by atoms with van der Waals surface area (Å²) in [6.45, 7) is 23.0. The van der Waals surface area contributed by atoms with Crippen LogP contribution in [0.5, 0.6) is 0 Å². The van der Waals surface area contributed by atoms with Crippen molar-refractivity contribution in [3.63, 3.8) is 0 Å². The summed E-state index contributed by atoms with van der Waals surface area (Å²) in [5.74, 6) is 1.39. The molecular formula is C44H65NO5. The number of aliphatic carboxylic acids is 1. The Labute approximate surface area is 302 Å². The first kappa shape index (κ1) is 37.1. The van der Waals surface area contributed by atoms with Crippen LogP contribution in [-0.2, 0) is 25.7 Å². The molecule has 6 heteroatoms. The molecule has 0 saturated heterocycles. The molecule has 6 rings (SSSR count). The molecule has 0 aliphatic heterocycles. The van der Waals surface area contributed by atoms with Gasteiger partial charge in [0, 0.05) is 18.4 Å². The van der Waals surface area contributed by atoms with Gasteiger partial charge in [0.05, 0.1) is 11.8 Å². The lowest BCUT2D eigenvalue weighted by Crippen LogP contribution is -2.67. The molecule has 5 aliphatic rings. The summed E-state index contributed by atoms with van der Waals surface area (Å²) in [6.07, 6.45) is 11.5. The van der Waals surface area contributed by atoms with E-state index in [0.29, 0.717) is 42.6 Å². The second kappa shape index (κ2) is 12.8. The van der Waals surface area contributed by atoms with E-state index in [1.54, 1.807) is 13.8 Å². The molecule has 1 aromatic rings. The van der Waals surface area contributed by atoms with Crippen molar-refractivity contribution < 1.29 is 24.2 Å². The van der Waals surface area contributed by atoms with Crippen LogP contribution in [0.15, 0.2) is 42.5 Å². The molecule has 0 aromatic heterocycles. The highest BCUT2D eigenvalue weighted by Crippen LogP contribution is 2.78. The molecule has 0 unspecified atom stereocenters. The third kappa shape index (κ3) is 5.87. The fourth-order valence-electron chi connectivity index (χ4n) is 13.6. The lowest BCUT2D eigenvalue weighted by molar-refractivity contribution is -0.250. The molecule has 50 heavy (non-hydrogen) atoms. The summed E-state index contributed by atoms with van der Waals surface area (Å²) in [5.41, 5.74) is 1.67. The third-order valence-corrected chi connectivity index (χ3v) is 16.5. The average molecular weight is 688 g/mol. The zero-order valence-corrected chi connectivity index (χ0v) is 32.3. The van der Waals surface area contributed by atoms with Gasteiger partial charge in [-0.1, -0.05) is 77.1 Å². The maximum Gasteiger partial charge on any atom is 0.309 e. The molecule has 6 nitrogen and oxygen atoms in total. The first-order chi connectivity index (χ1) is 23.3. The molecule has 10 atom stereocenters. The van der Waals surface area contributed by atoms with E-state index in [4.69, 9.17) is 4.74 Å². The van der Waals surface area contributed by atoms with E-state index >= 15 is 0 Å². The summed E-state index contributed by atoms with van der Waals surface area (Å²) >= 11 is 0. The number of carbonyl (C=O) groups is 3. The number of carboxylic acids is 1. The lowest BCUT2D eigenvalue weighted by Gasteiger charge is -2.73. The number of carboxylic acid groups (broad SMARTS) is 1. The first-order valence-corrected chi connectivity index (χ1v) is 19.7. The summed E-state index contributed by atoms with van der Waals surface area (Å²) in [4.78, 5) is 38.5. The molecular weight excluding hydrogens is 622 g/mol. The zero-order chi connectivity index (χ0) is 36.5. The summed E-state index contributed by atoms with van der Waals surface area (Å²) in [6, 6.07) is 10.2. The monoisotopic (exact) mass is 687 g/mol. The van der Waals surface area contributed by atoms with Crippen molar-refractivity contribution in [1.29, 1.82) is 0 Å². The highest BCUT2D eigenvalue weighted by atomic mass is 16.5. The van der Waals surface area contributed by atoms with E-state index in [-0.39, 0.29) is 45.5 Å².